The van der Waals surface area contributed by atoms with Crippen LogP contribution in [0.2, 0.25) is 0 Å². The van der Waals surface area contributed by atoms with Gasteiger partial charge in [0, 0.05) is 6.07 Å². The van der Waals surface area contributed by atoms with Crippen LogP contribution in [-0.4, -0.2) is 34.3 Å². The summed E-state index contributed by atoms with van der Waals surface area (Å²) < 4.78 is 5.83. The number of piperidine rings is 1. The summed E-state index contributed by atoms with van der Waals surface area (Å²) in [5.41, 5.74) is 1.70. The fraction of sp³-hybridized carbons (Fsp3) is 0.462. The van der Waals surface area contributed by atoms with Crippen LogP contribution in [0, 0.1) is 0 Å². The van der Waals surface area contributed by atoms with E-state index in [1.54, 1.807) is 18.2 Å². The number of hydrogen-bond acceptors (Lipinski definition) is 4. The van der Waals surface area contributed by atoms with Crippen molar-refractivity contribution in [2.75, 3.05) is 13.1 Å². The SMILES string of the molecule is Oc1ccc2nc(COC3CCNCC3)[nH]c2c1. The second-order valence-corrected chi connectivity index (χ2v) is 4.65. The van der Waals surface area contributed by atoms with Crippen molar-refractivity contribution in [3.05, 3.63) is 24.0 Å². The molecule has 3 N–H and O–H groups in total. The molecule has 3 rings (SSSR count). The molecule has 0 aliphatic carbocycles. The smallest absolute Gasteiger partial charge is 0.133 e. The lowest BCUT2D eigenvalue weighted by Crippen LogP contribution is -2.32. The molecule has 0 unspecified atom stereocenters. The highest BCUT2D eigenvalue weighted by Crippen LogP contribution is 2.18. The fourth-order valence-corrected chi connectivity index (χ4v) is 2.28. The van der Waals surface area contributed by atoms with Crippen molar-refractivity contribution in [1.82, 2.24) is 15.3 Å². The molecule has 1 aromatic heterocycles. The monoisotopic (exact) mass is 247 g/mol. The molecule has 2 aromatic rings. The largest absolute Gasteiger partial charge is 0.508 e. The third-order valence-corrected chi connectivity index (χ3v) is 3.26. The van der Waals surface area contributed by atoms with Gasteiger partial charge in [0.05, 0.1) is 17.1 Å². The van der Waals surface area contributed by atoms with E-state index in [0.717, 1.165) is 42.8 Å². The molecule has 0 saturated carbocycles. The van der Waals surface area contributed by atoms with Crippen molar-refractivity contribution in [2.45, 2.75) is 25.6 Å². The molecule has 5 heteroatoms. The molecule has 1 aromatic carbocycles. The molecule has 1 aliphatic heterocycles. The van der Waals surface area contributed by atoms with E-state index in [0.29, 0.717) is 12.7 Å². The third-order valence-electron chi connectivity index (χ3n) is 3.26. The summed E-state index contributed by atoms with van der Waals surface area (Å²) in [4.78, 5) is 7.60. The number of benzene rings is 1. The number of aromatic nitrogens is 2. The molecular formula is C13H17N3O2. The van der Waals surface area contributed by atoms with Gasteiger partial charge in [-0.2, -0.15) is 0 Å². The average molecular weight is 247 g/mol. The van der Waals surface area contributed by atoms with E-state index < -0.39 is 0 Å². The number of nitrogens with zero attached hydrogens (tertiary/aromatic N) is 1. The molecule has 0 spiro atoms. The normalized spacial score (nSPS) is 17.3. The number of aromatic hydroxyl groups is 1. The van der Waals surface area contributed by atoms with Crippen molar-refractivity contribution in [1.29, 1.82) is 0 Å². The van der Waals surface area contributed by atoms with Crippen LogP contribution in [0.1, 0.15) is 18.7 Å². The van der Waals surface area contributed by atoms with Gasteiger partial charge in [0.1, 0.15) is 18.2 Å². The highest BCUT2D eigenvalue weighted by atomic mass is 16.5. The molecule has 5 nitrogen and oxygen atoms in total. The van der Waals surface area contributed by atoms with Gasteiger partial charge in [0.15, 0.2) is 0 Å². The van der Waals surface area contributed by atoms with Crippen molar-refractivity contribution < 1.29 is 9.84 Å². The van der Waals surface area contributed by atoms with Gasteiger partial charge in [-0.3, -0.25) is 0 Å². The van der Waals surface area contributed by atoms with Gasteiger partial charge in [-0.25, -0.2) is 4.98 Å². The topological polar surface area (TPSA) is 70.2 Å². The molecule has 18 heavy (non-hydrogen) atoms. The Morgan fingerprint density at radius 2 is 2.17 bits per heavy atom. The molecule has 2 heterocycles. The molecule has 0 amide bonds. The van der Waals surface area contributed by atoms with E-state index >= 15 is 0 Å². The summed E-state index contributed by atoms with van der Waals surface area (Å²) in [6.45, 7) is 2.55. The summed E-state index contributed by atoms with van der Waals surface area (Å²) in [5, 5.41) is 12.7. The zero-order valence-corrected chi connectivity index (χ0v) is 10.1. The van der Waals surface area contributed by atoms with Crippen LogP contribution in [0.3, 0.4) is 0 Å². The Labute approximate surface area is 105 Å². The highest BCUT2D eigenvalue weighted by Gasteiger charge is 2.14. The van der Waals surface area contributed by atoms with E-state index in [1.807, 2.05) is 0 Å². The van der Waals surface area contributed by atoms with Crippen molar-refractivity contribution in [3.8, 4) is 5.75 Å². The van der Waals surface area contributed by atoms with Crippen molar-refractivity contribution >= 4 is 11.0 Å². The number of nitrogens with one attached hydrogen (secondary N) is 2. The summed E-state index contributed by atoms with van der Waals surface area (Å²) in [5.74, 6) is 1.06. The number of ether oxygens (including phenoxy) is 1. The average Bonchev–Trinajstić information content (AvgIpc) is 2.79. The van der Waals surface area contributed by atoms with E-state index in [2.05, 4.69) is 15.3 Å². The number of hydrogen-bond donors (Lipinski definition) is 3. The zero-order valence-electron chi connectivity index (χ0n) is 10.1. The van der Waals surface area contributed by atoms with Crippen LogP contribution >= 0.6 is 0 Å². The first-order chi connectivity index (χ1) is 8.81. The van der Waals surface area contributed by atoms with Crippen LogP contribution in [0.5, 0.6) is 5.75 Å². The van der Waals surface area contributed by atoms with Gasteiger partial charge >= 0.3 is 0 Å². The number of aromatic amines is 1. The van der Waals surface area contributed by atoms with Crippen LogP contribution in [0.25, 0.3) is 11.0 Å². The molecule has 0 atom stereocenters. The van der Waals surface area contributed by atoms with Gasteiger partial charge in [0.25, 0.3) is 0 Å². The standard InChI is InChI=1S/C13H17N3O2/c17-9-1-2-11-12(7-9)16-13(15-11)8-18-10-3-5-14-6-4-10/h1-2,7,10,14,17H,3-6,8H2,(H,15,16). The Bertz CT molecular complexity index is 532. The lowest BCUT2D eigenvalue weighted by Gasteiger charge is -2.22. The maximum absolute atomic E-state index is 9.39. The third kappa shape index (κ3) is 2.47. The Hall–Kier alpha value is -1.59. The van der Waals surface area contributed by atoms with Crippen molar-refractivity contribution in [3.63, 3.8) is 0 Å². The summed E-state index contributed by atoms with van der Waals surface area (Å²) in [7, 11) is 0. The highest BCUT2D eigenvalue weighted by molar-refractivity contribution is 5.76. The Morgan fingerprint density at radius 1 is 1.33 bits per heavy atom. The first-order valence-electron chi connectivity index (χ1n) is 6.31. The van der Waals surface area contributed by atoms with Crippen LogP contribution in [-0.2, 0) is 11.3 Å². The fourth-order valence-electron chi connectivity index (χ4n) is 2.28. The molecule has 1 saturated heterocycles. The molecule has 96 valence electrons. The van der Waals surface area contributed by atoms with Crippen LogP contribution in [0.4, 0.5) is 0 Å². The van der Waals surface area contributed by atoms with Gasteiger partial charge in [-0.15, -0.1) is 0 Å². The molecular weight excluding hydrogens is 230 g/mol. The summed E-state index contributed by atoms with van der Waals surface area (Å²) >= 11 is 0. The minimum Gasteiger partial charge on any atom is -0.508 e. The summed E-state index contributed by atoms with van der Waals surface area (Å²) in [6.07, 6.45) is 2.44. The Morgan fingerprint density at radius 3 is 3.00 bits per heavy atom. The first-order valence-corrected chi connectivity index (χ1v) is 6.31. The minimum atomic E-state index is 0.247. The van der Waals surface area contributed by atoms with E-state index in [4.69, 9.17) is 4.74 Å². The van der Waals surface area contributed by atoms with E-state index in [1.165, 1.54) is 0 Å². The molecule has 0 bridgehead atoms. The number of imidazole rings is 1. The van der Waals surface area contributed by atoms with Gasteiger partial charge in [-0.1, -0.05) is 0 Å². The maximum Gasteiger partial charge on any atom is 0.133 e. The predicted molar refractivity (Wildman–Crippen MR) is 68.4 cm³/mol. The summed E-state index contributed by atoms with van der Waals surface area (Å²) in [6, 6.07) is 5.12. The number of H-pyrrole nitrogens is 1. The molecule has 1 aliphatic rings. The number of phenolic OH excluding ortho intramolecular Hbond substituents is 1. The first kappa shape index (κ1) is 11.5. The zero-order chi connectivity index (χ0) is 12.4. The second kappa shape index (κ2) is 4.96. The van der Waals surface area contributed by atoms with Gasteiger partial charge in [-0.05, 0) is 38.1 Å². The van der Waals surface area contributed by atoms with Gasteiger partial charge in [0.2, 0.25) is 0 Å². The van der Waals surface area contributed by atoms with Crippen LogP contribution in [0.15, 0.2) is 18.2 Å². The van der Waals surface area contributed by atoms with Crippen LogP contribution < -0.4 is 5.32 Å². The molecule has 0 radical (unpaired) electrons. The maximum atomic E-state index is 9.39. The number of rotatable bonds is 3. The number of phenols is 1. The Balaban J connectivity index is 1.67. The quantitative estimate of drug-likeness (QED) is 0.769. The lowest BCUT2D eigenvalue weighted by molar-refractivity contribution is 0.0182. The molecule has 1 fully saturated rings. The lowest BCUT2D eigenvalue weighted by atomic mass is 10.1. The predicted octanol–water partition coefficient (Wildman–Crippen LogP) is 1.54. The van der Waals surface area contributed by atoms with Crippen molar-refractivity contribution in [2.24, 2.45) is 0 Å². The number of fused-ring (bicyclic) bond motifs is 1. The minimum absolute atomic E-state index is 0.247. The van der Waals surface area contributed by atoms with E-state index in [9.17, 15) is 5.11 Å². The van der Waals surface area contributed by atoms with E-state index in [-0.39, 0.29) is 5.75 Å². The second-order valence-electron chi connectivity index (χ2n) is 4.65. The Kier molecular flexibility index (Phi) is 3.17. The van der Waals surface area contributed by atoms with Gasteiger partial charge < -0.3 is 20.1 Å².